The van der Waals surface area contributed by atoms with Crippen LogP contribution in [0.25, 0.3) is 0 Å². The molecule has 1 saturated carbocycles. The smallest absolute Gasteiger partial charge is 0.321 e. The highest BCUT2D eigenvalue weighted by molar-refractivity contribution is 5.95. The minimum absolute atomic E-state index is 0.0253. The molecule has 1 saturated heterocycles. The largest absolute Gasteiger partial charge is 0.455 e. The maximum atomic E-state index is 12.3. The minimum Gasteiger partial charge on any atom is -0.455 e. The number of ether oxygens (including phenoxy) is 1. The Morgan fingerprint density at radius 2 is 1.96 bits per heavy atom. The number of urea groups is 1. The minimum atomic E-state index is -0.705. The molecule has 0 aromatic rings. The van der Waals surface area contributed by atoms with Crippen molar-refractivity contribution >= 4 is 23.8 Å². The lowest BCUT2D eigenvalue weighted by Crippen LogP contribution is -2.45. The highest BCUT2D eigenvalue weighted by Gasteiger charge is 2.42. The van der Waals surface area contributed by atoms with E-state index in [0.29, 0.717) is 18.4 Å². The lowest BCUT2D eigenvalue weighted by atomic mass is 9.77. The molecule has 0 aromatic heterocycles. The standard InChI is InChI=1S/C17H27N3O5/c1-10-5-4-6-13(11(10)2)20-8-12(7-15(20)22)16(23)25-9-14(21)19-17(24)18-3/h10-13H,4-9H2,1-3H3,(H2,18,19,21,24)/t10-,11-,12-,13-/m1/s1. The topological polar surface area (TPSA) is 105 Å². The Morgan fingerprint density at radius 3 is 2.64 bits per heavy atom. The van der Waals surface area contributed by atoms with Crippen molar-refractivity contribution in [2.75, 3.05) is 20.2 Å². The van der Waals surface area contributed by atoms with E-state index in [1.807, 2.05) is 10.2 Å². The van der Waals surface area contributed by atoms with Crippen LogP contribution in [0.4, 0.5) is 4.79 Å². The van der Waals surface area contributed by atoms with Crippen molar-refractivity contribution in [3.05, 3.63) is 0 Å². The first-order chi connectivity index (χ1) is 11.8. The molecule has 8 nitrogen and oxygen atoms in total. The van der Waals surface area contributed by atoms with Crippen LogP contribution < -0.4 is 10.6 Å². The number of amides is 4. The molecule has 140 valence electrons. The zero-order chi connectivity index (χ0) is 18.6. The molecule has 2 fully saturated rings. The second-order valence-corrected chi connectivity index (χ2v) is 7.02. The fourth-order valence-corrected chi connectivity index (χ4v) is 3.68. The first kappa shape index (κ1) is 19.2. The summed E-state index contributed by atoms with van der Waals surface area (Å²) < 4.78 is 4.96. The third-order valence-corrected chi connectivity index (χ3v) is 5.38. The van der Waals surface area contributed by atoms with Gasteiger partial charge in [0.05, 0.1) is 5.92 Å². The molecule has 0 aromatic carbocycles. The molecule has 8 heteroatoms. The van der Waals surface area contributed by atoms with Crippen molar-refractivity contribution in [3.63, 3.8) is 0 Å². The van der Waals surface area contributed by atoms with Crippen LogP contribution in [0, 0.1) is 17.8 Å². The van der Waals surface area contributed by atoms with Gasteiger partial charge in [-0.05, 0) is 18.3 Å². The Morgan fingerprint density at radius 1 is 1.24 bits per heavy atom. The summed E-state index contributed by atoms with van der Waals surface area (Å²) in [5.41, 5.74) is 0. The van der Waals surface area contributed by atoms with Gasteiger partial charge in [-0.3, -0.25) is 19.7 Å². The van der Waals surface area contributed by atoms with Gasteiger partial charge < -0.3 is 15.0 Å². The molecular weight excluding hydrogens is 326 g/mol. The lowest BCUT2D eigenvalue weighted by Gasteiger charge is -2.39. The van der Waals surface area contributed by atoms with E-state index in [2.05, 4.69) is 19.2 Å². The Bertz CT molecular complexity index is 550. The molecule has 0 spiro atoms. The number of carbonyl (C=O) groups excluding carboxylic acids is 4. The van der Waals surface area contributed by atoms with E-state index in [9.17, 15) is 19.2 Å². The summed E-state index contributed by atoms with van der Waals surface area (Å²) in [7, 11) is 1.38. The average Bonchev–Trinajstić information content (AvgIpc) is 2.96. The van der Waals surface area contributed by atoms with Crippen LogP contribution in [0.15, 0.2) is 0 Å². The fraction of sp³-hybridized carbons (Fsp3) is 0.765. The predicted octanol–water partition coefficient (Wildman–Crippen LogP) is 0.658. The van der Waals surface area contributed by atoms with Crippen molar-refractivity contribution in [3.8, 4) is 0 Å². The normalized spacial score (nSPS) is 29.2. The van der Waals surface area contributed by atoms with Crippen LogP contribution in [-0.2, 0) is 19.1 Å². The van der Waals surface area contributed by atoms with Gasteiger partial charge in [-0.2, -0.15) is 0 Å². The van der Waals surface area contributed by atoms with Gasteiger partial charge in [-0.25, -0.2) is 4.79 Å². The van der Waals surface area contributed by atoms with Crippen molar-refractivity contribution in [1.29, 1.82) is 0 Å². The number of nitrogens with zero attached hydrogens (tertiary/aromatic N) is 1. The third kappa shape index (κ3) is 4.70. The van der Waals surface area contributed by atoms with Crippen LogP contribution >= 0.6 is 0 Å². The van der Waals surface area contributed by atoms with Gasteiger partial charge in [0, 0.05) is 26.1 Å². The van der Waals surface area contributed by atoms with Crippen LogP contribution in [0.1, 0.15) is 39.5 Å². The molecule has 0 bridgehead atoms. The number of likely N-dealkylation sites (tertiary alicyclic amines) is 1. The van der Waals surface area contributed by atoms with Gasteiger partial charge in [-0.15, -0.1) is 0 Å². The van der Waals surface area contributed by atoms with E-state index in [1.54, 1.807) is 0 Å². The van der Waals surface area contributed by atoms with E-state index < -0.39 is 30.4 Å². The maximum Gasteiger partial charge on any atom is 0.321 e. The highest BCUT2D eigenvalue weighted by atomic mass is 16.5. The average molecular weight is 353 g/mol. The number of imide groups is 1. The maximum absolute atomic E-state index is 12.3. The Kier molecular flexibility index (Phi) is 6.39. The number of hydrogen-bond acceptors (Lipinski definition) is 5. The van der Waals surface area contributed by atoms with Gasteiger partial charge >= 0.3 is 12.0 Å². The van der Waals surface area contributed by atoms with Gasteiger partial charge in [-0.1, -0.05) is 26.7 Å². The Balaban J connectivity index is 1.85. The fourth-order valence-electron chi connectivity index (χ4n) is 3.68. The van der Waals surface area contributed by atoms with Gasteiger partial charge in [0.1, 0.15) is 0 Å². The molecular formula is C17H27N3O5. The van der Waals surface area contributed by atoms with E-state index >= 15 is 0 Å². The van der Waals surface area contributed by atoms with Crippen molar-refractivity contribution in [2.24, 2.45) is 17.8 Å². The van der Waals surface area contributed by atoms with Crippen molar-refractivity contribution in [1.82, 2.24) is 15.5 Å². The molecule has 1 heterocycles. The summed E-state index contributed by atoms with van der Waals surface area (Å²) >= 11 is 0. The number of carbonyl (C=O) groups is 4. The van der Waals surface area contributed by atoms with E-state index in [0.717, 1.165) is 12.8 Å². The zero-order valence-corrected chi connectivity index (χ0v) is 15.0. The molecule has 25 heavy (non-hydrogen) atoms. The second kappa shape index (κ2) is 8.31. The first-order valence-electron chi connectivity index (χ1n) is 8.81. The number of nitrogens with one attached hydrogen (secondary N) is 2. The van der Waals surface area contributed by atoms with Crippen LogP contribution in [0.5, 0.6) is 0 Å². The lowest BCUT2D eigenvalue weighted by molar-refractivity contribution is -0.152. The third-order valence-electron chi connectivity index (χ3n) is 5.38. The highest BCUT2D eigenvalue weighted by Crippen LogP contribution is 2.35. The number of hydrogen-bond donors (Lipinski definition) is 2. The van der Waals surface area contributed by atoms with Crippen LogP contribution in [-0.4, -0.2) is 55.0 Å². The molecule has 2 aliphatic rings. The SMILES string of the molecule is CNC(=O)NC(=O)COC(=O)[C@@H]1CC(=O)N([C@@H]2CCC[C@@H](C)[C@H]2C)C1. The summed E-state index contributed by atoms with van der Waals surface area (Å²) in [6, 6.07) is -0.491. The van der Waals surface area contributed by atoms with E-state index in [4.69, 9.17) is 4.74 Å². The van der Waals surface area contributed by atoms with Crippen LogP contribution in [0.2, 0.25) is 0 Å². The van der Waals surface area contributed by atoms with E-state index in [-0.39, 0.29) is 18.4 Å². The van der Waals surface area contributed by atoms with Gasteiger partial charge in [0.2, 0.25) is 5.91 Å². The zero-order valence-electron chi connectivity index (χ0n) is 15.0. The summed E-state index contributed by atoms with van der Waals surface area (Å²) in [5, 5.41) is 4.24. The molecule has 0 radical (unpaired) electrons. The monoisotopic (exact) mass is 353 g/mol. The van der Waals surface area contributed by atoms with Crippen molar-refractivity contribution in [2.45, 2.75) is 45.6 Å². The summed E-state index contributed by atoms with van der Waals surface area (Å²) in [4.78, 5) is 48.8. The molecule has 4 atom stereocenters. The van der Waals surface area contributed by atoms with Crippen LogP contribution in [0.3, 0.4) is 0 Å². The van der Waals surface area contributed by atoms with Gasteiger partial charge in [0.25, 0.3) is 5.91 Å². The molecule has 1 aliphatic carbocycles. The first-order valence-corrected chi connectivity index (χ1v) is 8.81. The molecule has 4 amide bonds. The summed E-state index contributed by atoms with van der Waals surface area (Å²) in [6.07, 6.45) is 3.35. The predicted molar refractivity (Wildman–Crippen MR) is 89.3 cm³/mol. The Labute approximate surface area is 147 Å². The van der Waals surface area contributed by atoms with E-state index in [1.165, 1.54) is 13.5 Å². The Hall–Kier alpha value is -2.12. The molecule has 1 aliphatic heterocycles. The molecule has 0 unspecified atom stereocenters. The quantitative estimate of drug-likeness (QED) is 0.723. The second-order valence-electron chi connectivity index (χ2n) is 7.02. The van der Waals surface area contributed by atoms with Crippen molar-refractivity contribution < 1.29 is 23.9 Å². The number of rotatable bonds is 4. The number of esters is 1. The molecule has 2 N–H and O–H groups in total. The summed E-state index contributed by atoms with van der Waals surface area (Å²) in [6.45, 7) is 4.18. The van der Waals surface area contributed by atoms with Gasteiger partial charge in [0.15, 0.2) is 6.61 Å². The summed E-state index contributed by atoms with van der Waals surface area (Å²) in [5.74, 6) is -0.882. The molecule has 2 rings (SSSR count).